The first-order valence-electron chi connectivity index (χ1n) is 8.47. The number of carbonyl (C=O) groups is 1. The highest BCUT2D eigenvalue weighted by Gasteiger charge is 2.09. The molecule has 8 heteroatoms. The zero-order valence-electron chi connectivity index (χ0n) is 14.4. The van der Waals surface area contributed by atoms with Gasteiger partial charge in [0.1, 0.15) is 5.69 Å². The van der Waals surface area contributed by atoms with Crippen LogP contribution in [0.2, 0.25) is 0 Å². The first-order chi connectivity index (χ1) is 13.3. The van der Waals surface area contributed by atoms with Crippen LogP contribution in [-0.4, -0.2) is 37.7 Å². The first-order valence-corrected chi connectivity index (χ1v) is 10.3. The number of fused-ring (bicyclic) bond motifs is 1. The molecule has 136 valence electrons. The molecular weight excluding hydrogens is 378 g/mol. The molecule has 1 amide bonds. The normalized spacial score (nSPS) is 11.0. The van der Waals surface area contributed by atoms with Gasteiger partial charge in [-0.15, -0.1) is 11.3 Å². The molecule has 3 aromatic heterocycles. The van der Waals surface area contributed by atoms with Crippen molar-refractivity contribution in [3.05, 3.63) is 61.1 Å². The summed E-state index contributed by atoms with van der Waals surface area (Å²) in [4.78, 5) is 25.3. The second-order valence-electron chi connectivity index (χ2n) is 5.75. The van der Waals surface area contributed by atoms with Gasteiger partial charge in [0.15, 0.2) is 10.2 Å². The molecule has 4 rings (SSSR count). The number of benzene rings is 1. The van der Waals surface area contributed by atoms with Crippen molar-refractivity contribution in [1.82, 2.24) is 24.8 Å². The molecule has 1 N–H and O–H groups in total. The number of thiazole rings is 1. The van der Waals surface area contributed by atoms with Crippen LogP contribution < -0.4 is 5.32 Å². The van der Waals surface area contributed by atoms with Gasteiger partial charge in [-0.2, -0.15) is 0 Å². The Morgan fingerprint density at radius 2 is 2.00 bits per heavy atom. The topological polar surface area (TPSA) is 72.7 Å². The number of imidazole rings is 1. The number of aromatic nitrogens is 4. The molecule has 0 aliphatic rings. The number of hydrogen-bond donors (Lipinski definition) is 1. The SMILES string of the molecule is O=C(CSc1nc2ccccc2s1)NCCn1ccnc1-c1ccccn1. The summed E-state index contributed by atoms with van der Waals surface area (Å²) in [6.07, 6.45) is 5.39. The van der Waals surface area contributed by atoms with Gasteiger partial charge in [0.05, 0.1) is 16.0 Å². The molecule has 4 aromatic rings. The summed E-state index contributed by atoms with van der Waals surface area (Å²) in [6.45, 7) is 1.18. The lowest BCUT2D eigenvalue weighted by molar-refractivity contribution is -0.118. The van der Waals surface area contributed by atoms with Gasteiger partial charge in [0.25, 0.3) is 0 Å². The van der Waals surface area contributed by atoms with E-state index in [0.29, 0.717) is 18.8 Å². The van der Waals surface area contributed by atoms with Crippen molar-refractivity contribution < 1.29 is 4.79 Å². The van der Waals surface area contributed by atoms with Crippen LogP contribution >= 0.6 is 23.1 Å². The van der Waals surface area contributed by atoms with Crippen LogP contribution in [0, 0.1) is 0 Å². The molecule has 0 radical (unpaired) electrons. The van der Waals surface area contributed by atoms with Crippen molar-refractivity contribution in [2.24, 2.45) is 0 Å². The monoisotopic (exact) mass is 395 g/mol. The molecule has 3 heterocycles. The van der Waals surface area contributed by atoms with E-state index in [1.165, 1.54) is 11.8 Å². The third-order valence-electron chi connectivity index (χ3n) is 3.89. The van der Waals surface area contributed by atoms with E-state index in [4.69, 9.17) is 0 Å². The van der Waals surface area contributed by atoms with Crippen molar-refractivity contribution in [3.63, 3.8) is 0 Å². The zero-order chi connectivity index (χ0) is 18.5. The maximum Gasteiger partial charge on any atom is 0.230 e. The fraction of sp³-hybridized carbons (Fsp3) is 0.158. The van der Waals surface area contributed by atoms with E-state index in [2.05, 4.69) is 20.3 Å². The van der Waals surface area contributed by atoms with E-state index in [0.717, 1.165) is 26.1 Å². The summed E-state index contributed by atoms with van der Waals surface area (Å²) in [5.74, 6) is 1.16. The molecule has 0 saturated heterocycles. The fourth-order valence-electron chi connectivity index (χ4n) is 2.62. The van der Waals surface area contributed by atoms with Crippen LogP contribution in [-0.2, 0) is 11.3 Å². The van der Waals surface area contributed by atoms with Gasteiger partial charge in [-0.05, 0) is 24.3 Å². The molecule has 0 atom stereocenters. The quantitative estimate of drug-likeness (QED) is 0.485. The molecule has 1 aromatic carbocycles. The van der Waals surface area contributed by atoms with E-state index < -0.39 is 0 Å². The lowest BCUT2D eigenvalue weighted by atomic mass is 10.3. The maximum absolute atomic E-state index is 12.1. The smallest absolute Gasteiger partial charge is 0.230 e. The number of amides is 1. The lowest BCUT2D eigenvalue weighted by Crippen LogP contribution is -2.28. The van der Waals surface area contributed by atoms with Gasteiger partial charge >= 0.3 is 0 Å². The lowest BCUT2D eigenvalue weighted by Gasteiger charge is -2.08. The summed E-state index contributed by atoms with van der Waals surface area (Å²) < 4.78 is 4.05. The number of thioether (sulfide) groups is 1. The van der Waals surface area contributed by atoms with Gasteiger partial charge < -0.3 is 9.88 Å². The fourth-order valence-corrected chi connectivity index (χ4v) is 4.52. The minimum atomic E-state index is -0.00115. The third-order valence-corrected chi connectivity index (χ3v) is 6.06. The van der Waals surface area contributed by atoms with E-state index in [1.54, 1.807) is 23.7 Å². The predicted octanol–water partition coefficient (Wildman–Crippen LogP) is 3.46. The van der Waals surface area contributed by atoms with Crippen molar-refractivity contribution in [2.75, 3.05) is 12.3 Å². The Morgan fingerprint density at radius 1 is 1.11 bits per heavy atom. The van der Waals surface area contributed by atoms with Crippen LogP contribution in [0.5, 0.6) is 0 Å². The largest absolute Gasteiger partial charge is 0.354 e. The number of para-hydroxylation sites is 1. The zero-order valence-corrected chi connectivity index (χ0v) is 16.0. The highest BCUT2D eigenvalue weighted by atomic mass is 32.2. The van der Waals surface area contributed by atoms with E-state index in [1.807, 2.05) is 53.2 Å². The Balaban J connectivity index is 1.27. The summed E-state index contributed by atoms with van der Waals surface area (Å²) in [5.41, 5.74) is 1.80. The van der Waals surface area contributed by atoms with Crippen molar-refractivity contribution in [3.8, 4) is 11.5 Å². The minimum Gasteiger partial charge on any atom is -0.354 e. The molecule has 0 aliphatic heterocycles. The molecule has 0 bridgehead atoms. The van der Waals surface area contributed by atoms with E-state index in [-0.39, 0.29) is 5.91 Å². The highest BCUT2D eigenvalue weighted by Crippen LogP contribution is 2.28. The molecular formula is C19H17N5OS2. The van der Waals surface area contributed by atoms with Crippen LogP contribution in [0.25, 0.3) is 21.7 Å². The van der Waals surface area contributed by atoms with Crippen LogP contribution in [0.4, 0.5) is 0 Å². The molecule has 0 fully saturated rings. The number of carbonyl (C=O) groups excluding carboxylic acids is 1. The minimum absolute atomic E-state index is 0.00115. The van der Waals surface area contributed by atoms with Crippen LogP contribution in [0.15, 0.2) is 65.4 Å². The number of hydrogen-bond acceptors (Lipinski definition) is 6. The van der Waals surface area contributed by atoms with Crippen LogP contribution in [0.3, 0.4) is 0 Å². The third kappa shape index (κ3) is 4.35. The molecule has 0 aliphatic carbocycles. The van der Waals surface area contributed by atoms with Gasteiger partial charge in [0.2, 0.25) is 5.91 Å². The van der Waals surface area contributed by atoms with Crippen molar-refractivity contribution in [1.29, 1.82) is 0 Å². The second kappa shape index (κ2) is 8.32. The number of nitrogens with one attached hydrogen (secondary N) is 1. The van der Waals surface area contributed by atoms with Gasteiger partial charge in [-0.25, -0.2) is 9.97 Å². The Labute approximate surface area is 164 Å². The van der Waals surface area contributed by atoms with Gasteiger partial charge in [-0.3, -0.25) is 9.78 Å². The highest BCUT2D eigenvalue weighted by molar-refractivity contribution is 8.01. The van der Waals surface area contributed by atoms with Crippen molar-refractivity contribution in [2.45, 2.75) is 10.9 Å². The Kier molecular flexibility index (Phi) is 5.45. The molecule has 0 unspecified atom stereocenters. The van der Waals surface area contributed by atoms with Gasteiger partial charge in [-0.1, -0.05) is 30.0 Å². The summed E-state index contributed by atoms with van der Waals surface area (Å²) >= 11 is 3.08. The molecule has 6 nitrogen and oxygen atoms in total. The molecule has 27 heavy (non-hydrogen) atoms. The summed E-state index contributed by atoms with van der Waals surface area (Å²) in [6, 6.07) is 13.7. The average Bonchev–Trinajstić information content (AvgIpc) is 3.33. The van der Waals surface area contributed by atoms with Gasteiger partial charge in [0, 0.05) is 31.7 Å². The Bertz CT molecular complexity index is 1010. The average molecular weight is 396 g/mol. The molecule has 0 saturated carbocycles. The molecule has 0 spiro atoms. The van der Waals surface area contributed by atoms with E-state index in [9.17, 15) is 4.79 Å². The summed E-state index contributed by atoms with van der Waals surface area (Å²) in [5, 5.41) is 2.95. The number of nitrogens with zero attached hydrogens (tertiary/aromatic N) is 4. The predicted molar refractivity (Wildman–Crippen MR) is 109 cm³/mol. The maximum atomic E-state index is 12.1. The summed E-state index contributed by atoms with van der Waals surface area (Å²) in [7, 11) is 0. The van der Waals surface area contributed by atoms with E-state index >= 15 is 0 Å². The number of rotatable bonds is 7. The standard InChI is InChI=1S/C19H17N5OS2/c25-17(13-26-19-23-14-5-1-2-7-16(14)27-19)21-9-11-24-12-10-22-18(24)15-6-3-4-8-20-15/h1-8,10,12H,9,11,13H2,(H,21,25). The Morgan fingerprint density at radius 3 is 2.85 bits per heavy atom. The van der Waals surface area contributed by atoms with Crippen LogP contribution in [0.1, 0.15) is 0 Å². The van der Waals surface area contributed by atoms with Crippen molar-refractivity contribution >= 4 is 39.2 Å². The first kappa shape index (κ1) is 17.7. The Hall–Kier alpha value is -2.71. The second-order valence-corrected chi connectivity index (χ2v) is 8.00. The number of pyridine rings is 1.